The van der Waals surface area contributed by atoms with Gasteiger partial charge < -0.3 is 14.2 Å². The van der Waals surface area contributed by atoms with Crippen molar-refractivity contribution in [1.82, 2.24) is 0 Å². The van der Waals surface area contributed by atoms with E-state index >= 15 is 0 Å². The summed E-state index contributed by atoms with van der Waals surface area (Å²) in [5, 5.41) is 10.6. The van der Waals surface area contributed by atoms with E-state index in [1.165, 1.54) is 26.4 Å². The fraction of sp³-hybridized carbons (Fsp3) is 0.120. The maximum absolute atomic E-state index is 13.1. The lowest BCUT2D eigenvalue weighted by Gasteiger charge is -2.15. The monoisotopic (exact) mass is 526 g/mol. The smallest absolute Gasteiger partial charge is 0.298 e. The van der Waals surface area contributed by atoms with Gasteiger partial charge in [-0.05, 0) is 65.4 Å². The number of rotatable bonds is 8. The van der Waals surface area contributed by atoms with Crippen molar-refractivity contribution < 1.29 is 28.7 Å². The second kappa shape index (κ2) is 10.7. The Kier molecular flexibility index (Phi) is 7.47. The average molecular weight is 527 g/mol. The molecular weight excluding hydrogens is 508 g/mol. The van der Waals surface area contributed by atoms with Gasteiger partial charge in [-0.15, -0.1) is 0 Å². The molecule has 1 fully saturated rings. The third kappa shape index (κ3) is 5.14. The Morgan fingerprint density at radius 1 is 1.03 bits per heavy atom. The highest BCUT2D eigenvalue weighted by Crippen LogP contribution is 2.41. The van der Waals surface area contributed by atoms with Gasteiger partial charge in [-0.25, -0.2) is 4.90 Å². The first-order chi connectivity index (χ1) is 17.3. The summed E-state index contributed by atoms with van der Waals surface area (Å²) in [7, 11) is 2.91. The number of methoxy groups -OCH3 is 2. The standard InChI is InChI=1S/C25H19ClN2O7S/c1-33-20-6-4-3-5-19(20)27-24(29)22(36-25(27)30)13-16-11-18(26)23(21(12-16)34-2)35-14-15-7-9-17(10-8-15)28(31)32/h3-13H,14H2,1-2H3/b22-13-. The number of carbonyl (C=O) groups is 2. The number of non-ortho nitro benzene ring substituents is 1. The van der Waals surface area contributed by atoms with E-state index in [4.69, 9.17) is 25.8 Å². The molecule has 36 heavy (non-hydrogen) atoms. The molecule has 9 nitrogen and oxygen atoms in total. The molecule has 0 aliphatic carbocycles. The number of imide groups is 1. The van der Waals surface area contributed by atoms with Crippen LogP contribution in [0.4, 0.5) is 16.2 Å². The minimum atomic E-state index is -0.483. The quantitative estimate of drug-likeness (QED) is 0.197. The molecule has 1 aliphatic heterocycles. The summed E-state index contributed by atoms with van der Waals surface area (Å²) < 4.78 is 16.5. The average Bonchev–Trinajstić information content (AvgIpc) is 3.15. The van der Waals surface area contributed by atoms with Crippen molar-refractivity contribution in [2.45, 2.75) is 6.61 Å². The minimum Gasteiger partial charge on any atom is -0.495 e. The van der Waals surface area contributed by atoms with Crippen LogP contribution < -0.4 is 19.1 Å². The summed E-state index contributed by atoms with van der Waals surface area (Å²) in [4.78, 5) is 37.3. The van der Waals surface area contributed by atoms with Gasteiger partial charge in [0.05, 0.1) is 34.8 Å². The highest BCUT2D eigenvalue weighted by Gasteiger charge is 2.37. The topological polar surface area (TPSA) is 108 Å². The molecule has 1 aliphatic rings. The number of thioether (sulfide) groups is 1. The predicted molar refractivity (Wildman–Crippen MR) is 137 cm³/mol. The van der Waals surface area contributed by atoms with Crippen LogP contribution in [-0.2, 0) is 11.4 Å². The Morgan fingerprint density at radius 2 is 1.72 bits per heavy atom. The second-order valence-electron chi connectivity index (χ2n) is 7.44. The zero-order valence-electron chi connectivity index (χ0n) is 19.1. The van der Waals surface area contributed by atoms with E-state index < -0.39 is 16.1 Å². The lowest BCUT2D eigenvalue weighted by atomic mass is 10.1. The number of benzene rings is 3. The van der Waals surface area contributed by atoms with E-state index in [2.05, 4.69) is 0 Å². The molecule has 4 rings (SSSR count). The Morgan fingerprint density at radius 3 is 2.39 bits per heavy atom. The number of hydrogen-bond donors (Lipinski definition) is 0. The van der Waals surface area contributed by atoms with Gasteiger partial charge in [0, 0.05) is 12.1 Å². The van der Waals surface area contributed by atoms with Crippen LogP contribution in [0.2, 0.25) is 5.02 Å². The summed E-state index contributed by atoms with van der Waals surface area (Å²) in [6, 6.07) is 15.9. The van der Waals surface area contributed by atoms with Crippen molar-refractivity contribution in [1.29, 1.82) is 0 Å². The summed E-state index contributed by atoms with van der Waals surface area (Å²) in [6.07, 6.45) is 1.55. The maximum atomic E-state index is 13.1. The lowest BCUT2D eigenvalue weighted by Crippen LogP contribution is -2.28. The van der Waals surface area contributed by atoms with Gasteiger partial charge in [0.1, 0.15) is 12.4 Å². The Hall–Kier alpha value is -4.02. The zero-order valence-corrected chi connectivity index (χ0v) is 20.7. The van der Waals surface area contributed by atoms with Gasteiger partial charge in [-0.3, -0.25) is 19.7 Å². The second-order valence-corrected chi connectivity index (χ2v) is 8.84. The van der Waals surface area contributed by atoms with E-state index in [0.717, 1.165) is 16.7 Å². The molecule has 11 heteroatoms. The third-order valence-electron chi connectivity index (χ3n) is 5.20. The SMILES string of the molecule is COc1ccccc1N1C(=O)S/C(=C\c2cc(Cl)c(OCc3ccc([N+](=O)[O-])cc3)c(OC)c2)C1=O. The lowest BCUT2D eigenvalue weighted by molar-refractivity contribution is -0.384. The minimum absolute atomic E-state index is 0.0196. The van der Waals surface area contributed by atoms with Gasteiger partial charge in [-0.2, -0.15) is 0 Å². The third-order valence-corrected chi connectivity index (χ3v) is 6.35. The van der Waals surface area contributed by atoms with Crippen LogP contribution in [0.1, 0.15) is 11.1 Å². The normalized spacial score (nSPS) is 14.3. The number of halogens is 1. The summed E-state index contributed by atoms with van der Waals surface area (Å²) in [5.41, 5.74) is 1.57. The van der Waals surface area contributed by atoms with Crippen molar-refractivity contribution in [2.24, 2.45) is 0 Å². The van der Waals surface area contributed by atoms with E-state index in [-0.39, 0.29) is 28.0 Å². The van der Waals surface area contributed by atoms with Gasteiger partial charge in [-0.1, -0.05) is 23.7 Å². The Labute approximate surface area is 215 Å². The molecule has 1 saturated heterocycles. The number of ether oxygens (including phenoxy) is 3. The molecular formula is C25H19ClN2O7S. The number of hydrogen-bond acceptors (Lipinski definition) is 8. The van der Waals surface area contributed by atoms with Crippen molar-refractivity contribution in [3.63, 3.8) is 0 Å². The summed E-state index contributed by atoms with van der Waals surface area (Å²) >= 11 is 7.26. The number of nitro benzene ring substituents is 1. The number of carbonyl (C=O) groups excluding carboxylic acids is 2. The van der Waals surface area contributed by atoms with Gasteiger partial charge >= 0.3 is 0 Å². The van der Waals surface area contributed by atoms with Gasteiger partial charge in [0.2, 0.25) is 0 Å². The van der Waals surface area contributed by atoms with Crippen LogP contribution in [-0.4, -0.2) is 30.3 Å². The molecule has 0 bridgehead atoms. The number of para-hydroxylation sites is 2. The first kappa shape index (κ1) is 25.1. The van der Waals surface area contributed by atoms with Crippen LogP contribution in [0.25, 0.3) is 6.08 Å². The first-order valence-corrected chi connectivity index (χ1v) is 11.7. The molecule has 0 spiro atoms. The van der Waals surface area contributed by atoms with E-state index in [1.54, 1.807) is 54.6 Å². The highest BCUT2D eigenvalue weighted by molar-refractivity contribution is 8.19. The maximum Gasteiger partial charge on any atom is 0.298 e. The van der Waals surface area contributed by atoms with Gasteiger partial charge in [0.15, 0.2) is 11.5 Å². The molecule has 0 radical (unpaired) electrons. The summed E-state index contributed by atoms with van der Waals surface area (Å²) in [5.74, 6) is 0.514. The predicted octanol–water partition coefficient (Wildman–Crippen LogP) is 6.09. The molecule has 3 aromatic carbocycles. The Balaban J connectivity index is 1.56. The van der Waals surface area contributed by atoms with Crippen molar-refractivity contribution in [3.05, 3.63) is 91.8 Å². The van der Waals surface area contributed by atoms with Crippen molar-refractivity contribution in [2.75, 3.05) is 19.1 Å². The number of nitrogens with zero attached hydrogens (tertiary/aromatic N) is 2. The fourth-order valence-electron chi connectivity index (χ4n) is 3.47. The van der Waals surface area contributed by atoms with Crippen LogP contribution in [0.3, 0.4) is 0 Å². The highest BCUT2D eigenvalue weighted by atomic mass is 35.5. The molecule has 0 saturated carbocycles. The molecule has 184 valence electrons. The number of anilines is 1. The molecule has 0 atom stereocenters. The van der Waals surface area contributed by atoms with E-state index in [1.807, 2.05) is 0 Å². The number of amides is 2. The van der Waals surface area contributed by atoms with Gasteiger partial charge in [0.25, 0.3) is 16.8 Å². The zero-order chi connectivity index (χ0) is 25.8. The van der Waals surface area contributed by atoms with E-state index in [9.17, 15) is 19.7 Å². The fourth-order valence-corrected chi connectivity index (χ4v) is 4.58. The van der Waals surface area contributed by atoms with E-state index in [0.29, 0.717) is 28.3 Å². The first-order valence-electron chi connectivity index (χ1n) is 10.5. The largest absolute Gasteiger partial charge is 0.495 e. The van der Waals surface area contributed by atoms with Crippen LogP contribution in [0, 0.1) is 10.1 Å². The van der Waals surface area contributed by atoms with Crippen LogP contribution >= 0.6 is 23.4 Å². The molecule has 0 unspecified atom stereocenters. The van der Waals surface area contributed by atoms with Crippen LogP contribution in [0.15, 0.2) is 65.6 Å². The molecule has 1 heterocycles. The summed E-state index contributed by atoms with van der Waals surface area (Å²) in [6.45, 7) is 0.102. The molecule has 3 aromatic rings. The van der Waals surface area contributed by atoms with Crippen LogP contribution in [0.5, 0.6) is 17.2 Å². The Bertz CT molecular complexity index is 1380. The molecule has 0 aromatic heterocycles. The van der Waals surface area contributed by atoms with Crippen molar-refractivity contribution in [3.8, 4) is 17.2 Å². The molecule has 2 amide bonds. The van der Waals surface area contributed by atoms with Crippen molar-refractivity contribution >= 4 is 52.0 Å². The molecule has 0 N–H and O–H groups in total. The number of nitro groups is 1.